The molecule has 3 rings (SSSR count). The number of carbonyl (C=O) groups is 2. The van der Waals surface area contributed by atoms with Gasteiger partial charge in [-0.1, -0.05) is 0 Å². The fourth-order valence-corrected chi connectivity index (χ4v) is 2.68. The van der Waals surface area contributed by atoms with E-state index < -0.39 is 6.09 Å². The summed E-state index contributed by atoms with van der Waals surface area (Å²) in [6, 6.07) is 5.77. The van der Waals surface area contributed by atoms with Gasteiger partial charge >= 0.3 is 6.09 Å². The maximum atomic E-state index is 12.0. The third kappa shape index (κ3) is 2.53. The van der Waals surface area contributed by atoms with Crippen LogP contribution in [0, 0.1) is 5.92 Å². The van der Waals surface area contributed by atoms with Crippen LogP contribution in [-0.2, 0) is 0 Å². The zero-order valence-corrected chi connectivity index (χ0v) is 10.6. The lowest BCUT2D eigenvalue weighted by atomic mass is 9.96. The van der Waals surface area contributed by atoms with Crippen LogP contribution in [0.3, 0.4) is 0 Å². The lowest BCUT2D eigenvalue weighted by Crippen LogP contribution is -2.15. The normalized spacial score (nSPS) is 23.1. The highest BCUT2D eigenvalue weighted by molar-refractivity contribution is 6.03. The van der Waals surface area contributed by atoms with Gasteiger partial charge in [-0.3, -0.25) is 4.79 Å². The van der Waals surface area contributed by atoms with Gasteiger partial charge in [0.2, 0.25) is 0 Å². The first kappa shape index (κ1) is 13.4. The Hall–Kier alpha value is -2.08. The van der Waals surface area contributed by atoms with Crippen molar-refractivity contribution >= 4 is 11.9 Å². The van der Waals surface area contributed by atoms with E-state index in [-0.39, 0.29) is 5.92 Å². The van der Waals surface area contributed by atoms with Gasteiger partial charge in [-0.25, -0.2) is 4.79 Å². The van der Waals surface area contributed by atoms with E-state index in [2.05, 4.69) is 11.1 Å². The number of fused-ring (bicyclic) bond motifs is 3. The molecule has 0 saturated carbocycles. The minimum absolute atomic E-state index is 0.159. The predicted molar refractivity (Wildman–Crippen MR) is 68.6 cm³/mol. The first-order valence-corrected chi connectivity index (χ1v) is 5.96. The summed E-state index contributed by atoms with van der Waals surface area (Å²) in [6.45, 7) is 1.73. The van der Waals surface area contributed by atoms with Crippen LogP contribution in [0.15, 0.2) is 18.2 Å². The van der Waals surface area contributed by atoms with E-state index in [1.54, 1.807) is 7.11 Å². The van der Waals surface area contributed by atoms with Gasteiger partial charge < -0.3 is 20.9 Å². The molecular weight excluding hydrogens is 248 g/mol. The first-order chi connectivity index (χ1) is 9.04. The summed E-state index contributed by atoms with van der Waals surface area (Å²) in [5.41, 5.74) is 6.08. The molecule has 102 valence electrons. The Morgan fingerprint density at radius 1 is 1.42 bits per heavy atom. The summed E-state index contributed by atoms with van der Waals surface area (Å²) in [5, 5.41) is 10.5. The van der Waals surface area contributed by atoms with Crippen LogP contribution < -0.4 is 15.8 Å². The summed E-state index contributed by atoms with van der Waals surface area (Å²) < 4.78 is 5.19. The van der Waals surface area contributed by atoms with Crippen LogP contribution in [0.2, 0.25) is 0 Å². The smallest absolute Gasteiger partial charge is 0.402 e. The SMILES string of the molecule is COc1ccc2c(c1)C1CNCC1C2=O.NC(=O)O. The molecule has 19 heavy (non-hydrogen) atoms. The molecule has 2 unspecified atom stereocenters. The number of benzene rings is 1. The Labute approximate surface area is 110 Å². The van der Waals surface area contributed by atoms with Gasteiger partial charge in [0.05, 0.1) is 7.11 Å². The zero-order valence-electron chi connectivity index (χ0n) is 10.6. The highest BCUT2D eigenvalue weighted by atomic mass is 16.5. The standard InChI is InChI=1S/C12H13NO2.CH3NO2/c1-15-7-2-3-8-9(4-7)10-5-13-6-11(10)12(8)14;2-1(3)4/h2-4,10-11,13H,5-6H2,1H3;2H2,(H,3,4). The number of rotatable bonds is 1. The molecule has 6 heteroatoms. The van der Waals surface area contributed by atoms with Crippen molar-refractivity contribution in [2.75, 3.05) is 20.2 Å². The average molecular weight is 264 g/mol. The Kier molecular flexibility index (Phi) is 3.71. The Morgan fingerprint density at radius 3 is 2.68 bits per heavy atom. The zero-order chi connectivity index (χ0) is 14.0. The molecule has 2 aliphatic rings. The number of ketones is 1. The molecule has 0 aromatic heterocycles. The number of carboxylic acid groups (broad SMARTS) is 1. The predicted octanol–water partition coefficient (Wildman–Crippen LogP) is 0.818. The van der Waals surface area contributed by atoms with Crippen LogP contribution in [0.4, 0.5) is 4.79 Å². The summed E-state index contributed by atoms with van der Waals surface area (Å²) in [4.78, 5) is 20.8. The maximum Gasteiger partial charge on any atom is 0.402 e. The van der Waals surface area contributed by atoms with Crippen molar-refractivity contribution in [2.45, 2.75) is 5.92 Å². The van der Waals surface area contributed by atoms with E-state index in [0.717, 1.165) is 30.0 Å². The lowest BCUT2D eigenvalue weighted by molar-refractivity contribution is 0.0940. The van der Waals surface area contributed by atoms with E-state index in [1.807, 2.05) is 18.2 Å². The molecule has 1 aliphatic carbocycles. The van der Waals surface area contributed by atoms with Crippen molar-refractivity contribution < 1.29 is 19.4 Å². The van der Waals surface area contributed by atoms with Crippen LogP contribution in [0.25, 0.3) is 0 Å². The lowest BCUT2D eigenvalue weighted by Gasteiger charge is -2.08. The molecule has 1 fully saturated rings. The molecule has 0 spiro atoms. The van der Waals surface area contributed by atoms with Crippen molar-refractivity contribution in [2.24, 2.45) is 11.7 Å². The van der Waals surface area contributed by atoms with Gasteiger partial charge in [0.15, 0.2) is 5.78 Å². The number of ether oxygens (including phenoxy) is 1. The third-order valence-corrected chi connectivity index (χ3v) is 3.47. The quantitative estimate of drug-likeness (QED) is 0.697. The fourth-order valence-electron chi connectivity index (χ4n) is 2.68. The number of amides is 1. The molecule has 0 bridgehead atoms. The molecular formula is C13H16N2O4. The van der Waals surface area contributed by atoms with Gasteiger partial charge in [-0.2, -0.15) is 0 Å². The summed E-state index contributed by atoms with van der Waals surface area (Å²) in [5.74, 6) is 1.66. The number of carbonyl (C=O) groups excluding carboxylic acids is 1. The maximum absolute atomic E-state index is 12.0. The van der Waals surface area contributed by atoms with Crippen molar-refractivity contribution in [3.8, 4) is 5.75 Å². The number of hydrogen-bond acceptors (Lipinski definition) is 4. The third-order valence-electron chi connectivity index (χ3n) is 3.47. The molecule has 1 heterocycles. The minimum atomic E-state index is -1.33. The minimum Gasteiger partial charge on any atom is -0.497 e. The van der Waals surface area contributed by atoms with E-state index in [9.17, 15) is 4.79 Å². The second-order valence-corrected chi connectivity index (χ2v) is 4.53. The summed E-state index contributed by atoms with van der Waals surface area (Å²) >= 11 is 0. The molecule has 4 N–H and O–H groups in total. The molecule has 0 radical (unpaired) electrons. The van der Waals surface area contributed by atoms with Crippen molar-refractivity contribution in [3.05, 3.63) is 29.3 Å². The number of hydrogen-bond donors (Lipinski definition) is 3. The monoisotopic (exact) mass is 264 g/mol. The van der Waals surface area contributed by atoms with Gasteiger partial charge in [0, 0.05) is 30.5 Å². The second-order valence-electron chi connectivity index (χ2n) is 4.53. The highest BCUT2D eigenvalue weighted by Crippen LogP contribution is 2.41. The summed E-state index contributed by atoms with van der Waals surface area (Å²) in [6.07, 6.45) is -1.33. The van der Waals surface area contributed by atoms with Crippen LogP contribution in [0.1, 0.15) is 21.8 Å². The largest absolute Gasteiger partial charge is 0.497 e. The Balaban J connectivity index is 0.000000297. The summed E-state index contributed by atoms with van der Waals surface area (Å²) in [7, 11) is 1.66. The Morgan fingerprint density at radius 2 is 2.05 bits per heavy atom. The fraction of sp³-hybridized carbons (Fsp3) is 0.385. The molecule has 6 nitrogen and oxygen atoms in total. The van der Waals surface area contributed by atoms with Crippen molar-refractivity contribution in [1.82, 2.24) is 5.32 Å². The second kappa shape index (κ2) is 5.27. The van der Waals surface area contributed by atoms with Crippen molar-refractivity contribution in [3.63, 3.8) is 0 Å². The van der Waals surface area contributed by atoms with E-state index in [1.165, 1.54) is 0 Å². The van der Waals surface area contributed by atoms with Crippen molar-refractivity contribution in [1.29, 1.82) is 0 Å². The van der Waals surface area contributed by atoms with Crippen LogP contribution in [0.5, 0.6) is 5.75 Å². The molecule has 1 aromatic rings. The molecule has 1 aromatic carbocycles. The highest BCUT2D eigenvalue weighted by Gasteiger charge is 2.42. The number of primary amides is 1. The van der Waals surface area contributed by atoms with E-state index >= 15 is 0 Å². The molecule has 2 atom stereocenters. The molecule has 1 aliphatic heterocycles. The van der Waals surface area contributed by atoms with Crippen LogP contribution >= 0.6 is 0 Å². The van der Waals surface area contributed by atoms with Crippen LogP contribution in [-0.4, -0.2) is 37.2 Å². The Bertz CT molecular complexity index is 511. The topological polar surface area (TPSA) is 102 Å². The molecule has 1 amide bonds. The first-order valence-electron chi connectivity index (χ1n) is 5.96. The van der Waals surface area contributed by atoms with Gasteiger partial charge in [-0.15, -0.1) is 0 Å². The van der Waals surface area contributed by atoms with E-state index in [4.69, 9.17) is 14.6 Å². The van der Waals surface area contributed by atoms with Gasteiger partial charge in [0.1, 0.15) is 5.75 Å². The average Bonchev–Trinajstić information content (AvgIpc) is 2.93. The number of nitrogens with two attached hydrogens (primary N) is 1. The van der Waals surface area contributed by atoms with Gasteiger partial charge in [-0.05, 0) is 23.8 Å². The molecule has 1 saturated heterocycles. The van der Waals surface area contributed by atoms with E-state index in [0.29, 0.717) is 11.7 Å². The number of nitrogens with one attached hydrogen (secondary N) is 1. The number of methoxy groups -OCH3 is 1. The van der Waals surface area contributed by atoms with Gasteiger partial charge in [0.25, 0.3) is 0 Å². The number of Topliss-reactive ketones (excluding diaryl/α,β-unsaturated/α-hetero) is 1.